The average molecular weight is 286 g/mol. The van der Waals surface area contributed by atoms with E-state index in [1.807, 2.05) is 38.1 Å². The van der Waals surface area contributed by atoms with Gasteiger partial charge in [-0.05, 0) is 37.6 Å². The number of aromatic nitrogens is 2. The molecule has 2 rings (SSSR count). The van der Waals surface area contributed by atoms with Gasteiger partial charge < -0.3 is 15.7 Å². The van der Waals surface area contributed by atoms with Crippen molar-refractivity contribution < 1.29 is 9.94 Å². The van der Waals surface area contributed by atoms with Crippen LogP contribution in [0.25, 0.3) is 0 Å². The second-order valence-electron chi connectivity index (χ2n) is 4.67. The van der Waals surface area contributed by atoms with Gasteiger partial charge in [-0.3, -0.25) is 4.98 Å². The SMILES string of the molecule is Cc1cc(C)c(/C(N)=N/O)c(OCCc2ccccn2)n1. The fraction of sp³-hybridized carbons (Fsp3) is 0.267. The maximum Gasteiger partial charge on any atom is 0.225 e. The Hall–Kier alpha value is -2.63. The number of aryl methyl sites for hydroxylation is 2. The third kappa shape index (κ3) is 3.68. The molecule has 0 fully saturated rings. The number of hydrogen-bond acceptors (Lipinski definition) is 5. The fourth-order valence-corrected chi connectivity index (χ4v) is 2.07. The largest absolute Gasteiger partial charge is 0.477 e. The van der Waals surface area contributed by atoms with Crippen molar-refractivity contribution in [3.8, 4) is 5.88 Å². The second-order valence-corrected chi connectivity index (χ2v) is 4.67. The molecule has 21 heavy (non-hydrogen) atoms. The van der Waals surface area contributed by atoms with Gasteiger partial charge in [-0.25, -0.2) is 4.98 Å². The van der Waals surface area contributed by atoms with Gasteiger partial charge in [-0.2, -0.15) is 0 Å². The molecule has 0 saturated carbocycles. The average Bonchev–Trinajstić information content (AvgIpc) is 2.47. The zero-order chi connectivity index (χ0) is 15.2. The van der Waals surface area contributed by atoms with Crippen molar-refractivity contribution in [1.82, 2.24) is 9.97 Å². The Kier molecular flexibility index (Phi) is 4.71. The number of nitrogens with zero attached hydrogens (tertiary/aromatic N) is 3. The molecule has 3 N–H and O–H groups in total. The van der Waals surface area contributed by atoms with Crippen molar-refractivity contribution in [2.24, 2.45) is 10.9 Å². The van der Waals surface area contributed by atoms with E-state index in [4.69, 9.17) is 15.7 Å². The van der Waals surface area contributed by atoms with Crippen LogP contribution in [0.1, 0.15) is 22.5 Å². The van der Waals surface area contributed by atoms with Gasteiger partial charge in [0.1, 0.15) is 0 Å². The first-order valence-corrected chi connectivity index (χ1v) is 6.60. The summed E-state index contributed by atoms with van der Waals surface area (Å²) in [5.74, 6) is 0.367. The molecule has 0 spiro atoms. The number of rotatable bonds is 5. The highest BCUT2D eigenvalue weighted by molar-refractivity contribution is 6.00. The summed E-state index contributed by atoms with van der Waals surface area (Å²) in [7, 11) is 0. The quantitative estimate of drug-likeness (QED) is 0.378. The van der Waals surface area contributed by atoms with Crippen molar-refractivity contribution in [3.63, 3.8) is 0 Å². The van der Waals surface area contributed by atoms with Gasteiger partial charge in [-0.1, -0.05) is 11.2 Å². The molecule has 6 heteroatoms. The first kappa shape index (κ1) is 14.8. The molecule has 2 heterocycles. The maximum atomic E-state index is 8.88. The summed E-state index contributed by atoms with van der Waals surface area (Å²) in [4.78, 5) is 8.55. The van der Waals surface area contributed by atoms with Crippen LogP contribution < -0.4 is 10.5 Å². The fourth-order valence-electron chi connectivity index (χ4n) is 2.07. The van der Waals surface area contributed by atoms with Crippen LogP contribution in [0.3, 0.4) is 0 Å². The molecule has 0 amide bonds. The van der Waals surface area contributed by atoms with E-state index in [0.717, 1.165) is 17.0 Å². The highest BCUT2D eigenvalue weighted by atomic mass is 16.5. The van der Waals surface area contributed by atoms with Crippen LogP contribution >= 0.6 is 0 Å². The van der Waals surface area contributed by atoms with Crippen molar-refractivity contribution in [2.75, 3.05) is 6.61 Å². The third-order valence-corrected chi connectivity index (χ3v) is 3.00. The van der Waals surface area contributed by atoms with E-state index in [1.54, 1.807) is 6.20 Å². The third-order valence-electron chi connectivity index (χ3n) is 3.00. The van der Waals surface area contributed by atoms with Crippen molar-refractivity contribution >= 4 is 5.84 Å². The lowest BCUT2D eigenvalue weighted by molar-refractivity contribution is 0.304. The van der Waals surface area contributed by atoms with Gasteiger partial charge in [0.2, 0.25) is 5.88 Å². The number of ether oxygens (including phenoxy) is 1. The molecular weight excluding hydrogens is 268 g/mol. The second kappa shape index (κ2) is 6.69. The molecular formula is C15H18N4O2. The summed E-state index contributed by atoms with van der Waals surface area (Å²) in [6.07, 6.45) is 2.40. The first-order valence-electron chi connectivity index (χ1n) is 6.60. The molecule has 2 aromatic rings. The minimum Gasteiger partial charge on any atom is -0.477 e. The summed E-state index contributed by atoms with van der Waals surface area (Å²) in [6, 6.07) is 7.59. The van der Waals surface area contributed by atoms with Crippen LogP contribution in [0.4, 0.5) is 0 Å². The van der Waals surface area contributed by atoms with Crippen LogP contribution in [0.5, 0.6) is 5.88 Å². The molecule has 6 nitrogen and oxygen atoms in total. The maximum absolute atomic E-state index is 8.88. The van der Waals surface area contributed by atoms with E-state index in [9.17, 15) is 0 Å². The Bertz CT molecular complexity index is 642. The lowest BCUT2D eigenvalue weighted by Gasteiger charge is -2.12. The standard InChI is InChI=1S/C15H18N4O2/c1-10-9-11(2)18-15(13(10)14(16)19-20)21-8-6-12-5-3-4-7-17-12/h3-5,7,9,20H,6,8H2,1-2H3,(H2,16,19). The van der Waals surface area contributed by atoms with Gasteiger partial charge in [0, 0.05) is 24.0 Å². The van der Waals surface area contributed by atoms with E-state index in [1.165, 1.54) is 0 Å². The predicted molar refractivity (Wildman–Crippen MR) is 79.7 cm³/mol. The topological polar surface area (TPSA) is 93.6 Å². The molecule has 0 saturated heterocycles. The van der Waals surface area contributed by atoms with Crippen molar-refractivity contribution in [1.29, 1.82) is 0 Å². The van der Waals surface area contributed by atoms with Crippen LogP contribution in [0, 0.1) is 13.8 Å². The Labute approximate surface area is 123 Å². The van der Waals surface area contributed by atoms with E-state index in [-0.39, 0.29) is 5.84 Å². The number of amidine groups is 1. The van der Waals surface area contributed by atoms with Gasteiger partial charge in [-0.15, -0.1) is 0 Å². The minimum atomic E-state index is -0.00663. The molecule has 0 radical (unpaired) electrons. The summed E-state index contributed by atoms with van der Waals surface area (Å²) >= 11 is 0. The van der Waals surface area contributed by atoms with Gasteiger partial charge in [0.05, 0.1) is 12.2 Å². The van der Waals surface area contributed by atoms with Crippen LogP contribution in [0.15, 0.2) is 35.6 Å². The molecule has 0 unspecified atom stereocenters. The van der Waals surface area contributed by atoms with E-state index in [2.05, 4.69) is 15.1 Å². The lowest BCUT2D eigenvalue weighted by Crippen LogP contribution is -2.18. The number of pyridine rings is 2. The molecule has 0 aliphatic rings. The van der Waals surface area contributed by atoms with Gasteiger partial charge in [0.25, 0.3) is 0 Å². The summed E-state index contributed by atoms with van der Waals surface area (Å²) in [5, 5.41) is 11.9. The molecule has 0 aliphatic heterocycles. The summed E-state index contributed by atoms with van der Waals surface area (Å²) < 4.78 is 5.70. The lowest BCUT2D eigenvalue weighted by atomic mass is 10.1. The smallest absolute Gasteiger partial charge is 0.225 e. The molecule has 0 aliphatic carbocycles. The molecule has 0 atom stereocenters. The number of hydrogen-bond donors (Lipinski definition) is 2. The molecule has 0 aromatic carbocycles. The van der Waals surface area contributed by atoms with Crippen molar-refractivity contribution in [3.05, 3.63) is 53.0 Å². The molecule has 110 valence electrons. The van der Waals surface area contributed by atoms with Crippen LogP contribution in [-0.2, 0) is 6.42 Å². The van der Waals surface area contributed by atoms with Crippen molar-refractivity contribution in [2.45, 2.75) is 20.3 Å². The van der Waals surface area contributed by atoms with Gasteiger partial charge in [0.15, 0.2) is 5.84 Å². The molecule has 2 aromatic heterocycles. The number of nitrogens with two attached hydrogens (primary N) is 1. The van der Waals surface area contributed by atoms with Crippen LogP contribution in [-0.4, -0.2) is 27.6 Å². The zero-order valence-corrected chi connectivity index (χ0v) is 12.1. The van der Waals surface area contributed by atoms with E-state index >= 15 is 0 Å². The molecule has 0 bridgehead atoms. The Balaban J connectivity index is 2.15. The summed E-state index contributed by atoms with van der Waals surface area (Å²) in [5.41, 5.74) is 8.82. The zero-order valence-electron chi connectivity index (χ0n) is 12.1. The van der Waals surface area contributed by atoms with Gasteiger partial charge >= 0.3 is 0 Å². The predicted octanol–water partition coefficient (Wildman–Crippen LogP) is 1.81. The van der Waals surface area contributed by atoms with E-state index in [0.29, 0.717) is 24.5 Å². The summed E-state index contributed by atoms with van der Waals surface area (Å²) in [6.45, 7) is 4.15. The van der Waals surface area contributed by atoms with Crippen LogP contribution in [0.2, 0.25) is 0 Å². The number of oxime groups is 1. The van der Waals surface area contributed by atoms with E-state index < -0.39 is 0 Å². The minimum absolute atomic E-state index is 0.00663. The Morgan fingerprint density at radius 2 is 2.19 bits per heavy atom. The Morgan fingerprint density at radius 1 is 1.38 bits per heavy atom. The monoisotopic (exact) mass is 286 g/mol. The normalized spacial score (nSPS) is 11.4. The highest BCUT2D eigenvalue weighted by Gasteiger charge is 2.14. The first-order chi connectivity index (χ1) is 10.1. The Morgan fingerprint density at radius 3 is 2.86 bits per heavy atom. The highest BCUT2D eigenvalue weighted by Crippen LogP contribution is 2.21.